The molecule has 1 amide bonds. The van der Waals surface area contributed by atoms with Gasteiger partial charge in [-0.05, 0) is 24.1 Å². The third-order valence-corrected chi connectivity index (χ3v) is 2.88. The minimum Gasteiger partial charge on any atom is -0.481 e. The lowest BCUT2D eigenvalue weighted by molar-refractivity contribution is -0.149. The molecule has 4 heteroatoms. The van der Waals surface area contributed by atoms with Crippen molar-refractivity contribution in [3.05, 3.63) is 29.8 Å². The number of rotatable bonds is 3. The second-order valence-corrected chi connectivity index (χ2v) is 3.86. The summed E-state index contributed by atoms with van der Waals surface area (Å²) in [5.41, 5.74) is 1.98. The predicted octanol–water partition coefficient (Wildman–Crippen LogP) is 1.30. The van der Waals surface area contributed by atoms with E-state index in [4.69, 9.17) is 5.11 Å². The number of benzene rings is 1. The zero-order valence-electron chi connectivity index (χ0n) is 9.01. The fourth-order valence-electron chi connectivity index (χ4n) is 1.75. The summed E-state index contributed by atoms with van der Waals surface area (Å²) in [4.78, 5) is 23.6. The van der Waals surface area contributed by atoms with Gasteiger partial charge in [-0.25, -0.2) is 0 Å². The summed E-state index contributed by atoms with van der Waals surface area (Å²) < 4.78 is 0. The van der Waals surface area contributed by atoms with E-state index in [9.17, 15) is 9.59 Å². The molecule has 1 aromatic carbocycles. The van der Waals surface area contributed by atoms with Crippen LogP contribution in [-0.2, 0) is 16.0 Å². The van der Waals surface area contributed by atoms with E-state index in [0.717, 1.165) is 12.1 Å². The normalized spacial score (nSPS) is 19.4. The largest absolute Gasteiger partial charge is 0.481 e. The summed E-state index contributed by atoms with van der Waals surface area (Å²) in [6, 6.07) is 7.62. The maximum absolute atomic E-state index is 11.5. The number of aliphatic carboxylic acids is 1. The first-order chi connectivity index (χ1) is 7.63. The fourth-order valence-corrected chi connectivity index (χ4v) is 1.75. The minimum atomic E-state index is -1.04. The second kappa shape index (κ2) is 3.96. The van der Waals surface area contributed by atoms with Gasteiger partial charge in [-0.3, -0.25) is 9.59 Å². The number of carboxylic acid groups (broad SMARTS) is 1. The van der Waals surface area contributed by atoms with E-state index in [1.54, 1.807) is 0 Å². The SMILES string of the molecule is CCc1ccc(N2CC(C(=O)O)C2=O)cc1. The Bertz CT molecular complexity index is 424. The van der Waals surface area contributed by atoms with Crippen LogP contribution in [0.15, 0.2) is 24.3 Å². The van der Waals surface area contributed by atoms with Crippen molar-refractivity contribution in [2.45, 2.75) is 13.3 Å². The van der Waals surface area contributed by atoms with Gasteiger partial charge in [0.25, 0.3) is 0 Å². The number of amides is 1. The van der Waals surface area contributed by atoms with E-state index in [1.165, 1.54) is 10.5 Å². The molecule has 0 bridgehead atoms. The quantitative estimate of drug-likeness (QED) is 0.615. The molecule has 2 rings (SSSR count). The molecule has 0 aliphatic carbocycles. The molecule has 0 saturated carbocycles. The first kappa shape index (κ1) is 10.7. The van der Waals surface area contributed by atoms with Crippen molar-refractivity contribution < 1.29 is 14.7 Å². The Labute approximate surface area is 93.5 Å². The number of carbonyl (C=O) groups is 2. The van der Waals surface area contributed by atoms with Crippen molar-refractivity contribution in [1.29, 1.82) is 0 Å². The van der Waals surface area contributed by atoms with Gasteiger partial charge in [0.1, 0.15) is 0 Å². The lowest BCUT2D eigenvalue weighted by atomic mass is 9.98. The van der Waals surface area contributed by atoms with Crippen LogP contribution >= 0.6 is 0 Å². The molecular formula is C12H13NO3. The molecule has 1 saturated heterocycles. The van der Waals surface area contributed by atoms with Crippen LogP contribution < -0.4 is 4.90 Å². The third-order valence-electron chi connectivity index (χ3n) is 2.88. The number of nitrogens with zero attached hydrogens (tertiary/aromatic N) is 1. The highest BCUT2D eigenvalue weighted by molar-refractivity contribution is 6.12. The first-order valence-corrected chi connectivity index (χ1v) is 5.26. The van der Waals surface area contributed by atoms with Crippen LogP contribution in [0.3, 0.4) is 0 Å². The number of hydrogen-bond donors (Lipinski definition) is 1. The van der Waals surface area contributed by atoms with Crippen molar-refractivity contribution in [3.63, 3.8) is 0 Å². The average Bonchev–Trinajstić information content (AvgIpc) is 2.27. The number of carboxylic acids is 1. The van der Waals surface area contributed by atoms with Crippen molar-refractivity contribution in [2.24, 2.45) is 5.92 Å². The maximum Gasteiger partial charge on any atom is 0.317 e. The molecule has 1 heterocycles. The smallest absolute Gasteiger partial charge is 0.317 e. The van der Waals surface area contributed by atoms with Gasteiger partial charge in [-0.1, -0.05) is 19.1 Å². The van der Waals surface area contributed by atoms with E-state index in [2.05, 4.69) is 6.92 Å². The topological polar surface area (TPSA) is 57.6 Å². The van der Waals surface area contributed by atoms with E-state index in [1.807, 2.05) is 24.3 Å². The minimum absolute atomic E-state index is 0.277. The van der Waals surface area contributed by atoms with Crippen LogP contribution in [0.25, 0.3) is 0 Å². The molecule has 4 nitrogen and oxygen atoms in total. The van der Waals surface area contributed by atoms with Crippen molar-refractivity contribution >= 4 is 17.6 Å². The Balaban J connectivity index is 2.10. The van der Waals surface area contributed by atoms with E-state index in [-0.39, 0.29) is 12.5 Å². The molecule has 84 valence electrons. The average molecular weight is 219 g/mol. The molecule has 16 heavy (non-hydrogen) atoms. The highest BCUT2D eigenvalue weighted by atomic mass is 16.4. The monoisotopic (exact) mass is 219 g/mol. The van der Waals surface area contributed by atoms with Crippen LogP contribution in [0.2, 0.25) is 0 Å². The summed E-state index contributed by atoms with van der Waals surface area (Å²) in [5, 5.41) is 8.70. The van der Waals surface area contributed by atoms with Crippen LogP contribution in [-0.4, -0.2) is 23.5 Å². The summed E-state index contributed by atoms with van der Waals surface area (Å²) in [7, 11) is 0. The van der Waals surface area contributed by atoms with Gasteiger partial charge in [0.05, 0.1) is 0 Å². The van der Waals surface area contributed by atoms with Gasteiger partial charge >= 0.3 is 5.97 Å². The first-order valence-electron chi connectivity index (χ1n) is 5.26. The Morgan fingerprint density at radius 2 is 2.06 bits per heavy atom. The number of anilines is 1. The Kier molecular flexibility index (Phi) is 2.64. The second-order valence-electron chi connectivity index (χ2n) is 3.86. The van der Waals surface area contributed by atoms with Gasteiger partial charge in [0, 0.05) is 12.2 Å². The number of β-lactam (4-membered cyclic amide) rings is 1. The van der Waals surface area contributed by atoms with Crippen LogP contribution in [0, 0.1) is 5.92 Å². The van der Waals surface area contributed by atoms with Crippen molar-refractivity contribution in [2.75, 3.05) is 11.4 Å². The molecule has 1 aromatic rings. The van der Waals surface area contributed by atoms with Gasteiger partial charge < -0.3 is 10.0 Å². The summed E-state index contributed by atoms with van der Waals surface area (Å²) in [5.74, 6) is -2.21. The van der Waals surface area contributed by atoms with Gasteiger partial charge in [-0.2, -0.15) is 0 Å². The lowest BCUT2D eigenvalue weighted by Gasteiger charge is -2.35. The zero-order valence-corrected chi connectivity index (χ0v) is 9.01. The summed E-state index contributed by atoms with van der Waals surface area (Å²) in [6.45, 7) is 2.34. The fraction of sp³-hybridized carbons (Fsp3) is 0.333. The van der Waals surface area contributed by atoms with E-state index < -0.39 is 11.9 Å². The number of hydrogen-bond acceptors (Lipinski definition) is 2. The summed E-state index contributed by atoms with van der Waals surface area (Å²) in [6.07, 6.45) is 0.950. The maximum atomic E-state index is 11.5. The Hall–Kier alpha value is -1.84. The van der Waals surface area contributed by atoms with Crippen LogP contribution in [0.1, 0.15) is 12.5 Å². The van der Waals surface area contributed by atoms with Gasteiger partial charge in [0.15, 0.2) is 5.92 Å². The van der Waals surface area contributed by atoms with Gasteiger partial charge in [-0.15, -0.1) is 0 Å². The molecular weight excluding hydrogens is 206 g/mol. The molecule has 1 N–H and O–H groups in total. The van der Waals surface area contributed by atoms with Crippen molar-refractivity contribution in [1.82, 2.24) is 0 Å². The predicted molar refractivity (Wildman–Crippen MR) is 59.3 cm³/mol. The van der Waals surface area contributed by atoms with E-state index >= 15 is 0 Å². The standard InChI is InChI=1S/C12H13NO3/c1-2-8-3-5-9(6-4-8)13-7-10(11(13)14)12(15)16/h3-6,10H,2,7H2,1H3,(H,15,16). The highest BCUT2D eigenvalue weighted by Crippen LogP contribution is 2.26. The molecule has 0 radical (unpaired) electrons. The third kappa shape index (κ3) is 1.66. The molecule has 1 fully saturated rings. The highest BCUT2D eigenvalue weighted by Gasteiger charge is 2.42. The molecule has 1 aliphatic rings. The molecule has 0 spiro atoms. The Morgan fingerprint density at radius 1 is 1.44 bits per heavy atom. The van der Waals surface area contributed by atoms with Crippen LogP contribution in [0.5, 0.6) is 0 Å². The zero-order chi connectivity index (χ0) is 11.7. The van der Waals surface area contributed by atoms with Gasteiger partial charge in [0.2, 0.25) is 5.91 Å². The summed E-state index contributed by atoms with van der Waals surface area (Å²) >= 11 is 0. The molecule has 1 atom stereocenters. The molecule has 1 unspecified atom stereocenters. The molecule has 0 aromatic heterocycles. The Morgan fingerprint density at radius 3 is 2.50 bits per heavy atom. The molecule has 1 aliphatic heterocycles. The van der Waals surface area contributed by atoms with Crippen LogP contribution in [0.4, 0.5) is 5.69 Å². The number of aryl methyl sites for hydroxylation is 1. The number of carbonyl (C=O) groups excluding carboxylic acids is 1. The van der Waals surface area contributed by atoms with Crippen molar-refractivity contribution in [3.8, 4) is 0 Å². The van der Waals surface area contributed by atoms with E-state index in [0.29, 0.717) is 0 Å². The lowest BCUT2D eigenvalue weighted by Crippen LogP contribution is -2.56.